The van der Waals surface area contributed by atoms with Gasteiger partial charge < -0.3 is 9.47 Å². The van der Waals surface area contributed by atoms with E-state index in [1.54, 1.807) is 7.11 Å². The van der Waals surface area contributed by atoms with Crippen molar-refractivity contribution in [3.8, 4) is 0 Å². The molecule has 0 aliphatic heterocycles. The minimum atomic E-state index is -0.146. The standard InChI is InChI=1S/C12H18O3/c1-14-9-5-8-12(13)15-10-11-6-3-2-4-7-11/h3,6-7H,2,4-5,8-10H2,1H3. The molecule has 1 rings (SSSR count). The third-order valence-corrected chi connectivity index (χ3v) is 2.20. The van der Waals surface area contributed by atoms with Gasteiger partial charge in [-0.25, -0.2) is 0 Å². The van der Waals surface area contributed by atoms with Gasteiger partial charge in [-0.3, -0.25) is 4.79 Å². The molecule has 3 heteroatoms. The number of allylic oxidation sites excluding steroid dienone is 2. The van der Waals surface area contributed by atoms with E-state index in [2.05, 4.69) is 12.2 Å². The monoisotopic (exact) mass is 210 g/mol. The molecular weight excluding hydrogens is 192 g/mol. The molecule has 0 aromatic heterocycles. The van der Waals surface area contributed by atoms with Crippen molar-refractivity contribution in [1.82, 2.24) is 0 Å². The zero-order chi connectivity index (χ0) is 10.9. The second-order valence-electron chi connectivity index (χ2n) is 3.52. The first-order valence-corrected chi connectivity index (χ1v) is 5.33. The summed E-state index contributed by atoms with van der Waals surface area (Å²) in [5.74, 6) is -0.146. The number of ether oxygens (including phenoxy) is 2. The Morgan fingerprint density at radius 2 is 2.33 bits per heavy atom. The molecule has 0 unspecified atom stereocenters. The van der Waals surface area contributed by atoms with Crippen molar-refractivity contribution in [1.29, 1.82) is 0 Å². The predicted molar refractivity (Wildman–Crippen MR) is 58.5 cm³/mol. The van der Waals surface area contributed by atoms with Gasteiger partial charge in [0.15, 0.2) is 0 Å². The number of rotatable bonds is 6. The maximum absolute atomic E-state index is 11.2. The van der Waals surface area contributed by atoms with Gasteiger partial charge in [0.25, 0.3) is 0 Å². The Labute approximate surface area is 90.8 Å². The number of esters is 1. The van der Waals surface area contributed by atoms with Crippen molar-refractivity contribution in [3.63, 3.8) is 0 Å². The van der Waals surface area contributed by atoms with E-state index < -0.39 is 0 Å². The van der Waals surface area contributed by atoms with E-state index in [9.17, 15) is 4.79 Å². The van der Waals surface area contributed by atoms with Crippen LogP contribution in [0.4, 0.5) is 0 Å². The first-order chi connectivity index (χ1) is 7.33. The fourth-order valence-electron chi connectivity index (χ4n) is 1.37. The second-order valence-corrected chi connectivity index (χ2v) is 3.52. The molecule has 0 saturated heterocycles. The van der Waals surface area contributed by atoms with E-state index in [1.165, 1.54) is 0 Å². The lowest BCUT2D eigenvalue weighted by Gasteiger charge is -2.08. The average Bonchev–Trinajstić information content (AvgIpc) is 2.28. The highest BCUT2D eigenvalue weighted by Gasteiger charge is 2.04. The van der Waals surface area contributed by atoms with Crippen LogP contribution in [0.1, 0.15) is 25.7 Å². The Bertz CT molecular complexity index is 254. The lowest BCUT2D eigenvalue weighted by molar-refractivity contribution is -0.142. The van der Waals surface area contributed by atoms with Crippen molar-refractivity contribution >= 4 is 5.97 Å². The molecule has 0 N–H and O–H groups in total. The van der Waals surface area contributed by atoms with Crippen LogP contribution in [0.5, 0.6) is 0 Å². The summed E-state index contributed by atoms with van der Waals surface area (Å²) in [6.07, 6.45) is 9.54. The first-order valence-electron chi connectivity index (χ1n) is 5.33. The van der Waals surface area contributed by atoms with Crippen LogP contribution in [-0.2, 0) is 14.3 Å². The molecule has 15 heavy (non-hydrogen) atoms. The van der Waals surface area contributed by atoms with Gasteiger partial charge in [-0.15, -0.1) is 0 Å². The molecule has 84 valence electrons. The zero-order valence-corrected chi connectivity index (χ0v) is 9.20. The van der Waals surface area contributed by atoms with Crippen LogP contribution in [-0.4, -0.2) is 26.3 Å². The summed E-state index contributed by atoms with van der Waals surface area (Å²) < 4.78 is 9.97. The molecular formula is C12H18O3. The molecule has 3 nitrogen and oxygen atoms in total. The van der Waals surface area contributed by atoms with Crippen LogP contribution < -0.4 is 0 Å². The Kier molecular flexibility index (Phi) is 5.78. The third kappa shape index (κ3) is 5.37. The number of carbonyl (C=O) groups excluding carboxylic acids is 1. The van der Waals surface area contributed by atoms with Crippen LogP contribution in [0.2, 0.25) is 0 Å². The van der Waals surface area contributed by atoms with Crippen LogP contribution in [0, 0.1) is 0 Å². The van der Waals surface area contributed by atoms with Crippen LogP contribution in [0.3, 0.4) is 0 Å². The van der Waals surface area contributed by atoms with Gasteiger partial charge in [0.2, 0.25) is 0 Å². The normalized spacial score (nSPS) is 14.9. The third-order valence-electron chi connectivity index (χ3n) is 2.20. The summed E-state index contributed by atoms with van der Waals surface area (Å²) in [6, 6.07) is 0. The Balaban J connectivity index is 2.11. The van der Waals surface area contributed by atoms with Gasteiger partial charge in [0, 0.05) is 20.1 Å². The van der Waals surface area contributed by atoms with E-state index >= 15 is 0 Å². The van der Waals surface area contributed by atoms with Gasteiger partial charge >= 0.3 is 5.97 Å². The summed E-state index contributed by atoms with van der Waals surface area (Å²) in [6.45, 7) is 1.01. The molecule has 0 radical (unpaired) electrons. The van der Waals surface area contributed by atoms with Crippen LogP contribution >= 0.6 is 0 Å². The smallest absolute Gasteiger partial charge is 0.306 e. The molecule has 1 aliphatic carbocycles. The van der Waals surface area contributed by atoms with Crippen molar-refractivity contribution in [2.24, 2.45) is 0 Å². The van der Waals surface area contributed by atoms with Gasteiger partial charge in [-0.1, -0.05) is 18.2 Å². The van der Waals surface area contributed by atoms with Gasteiger partial charge in [-0.2, -0.15) is 0 Å². The second kappa shape index (κ2) is 7.23. The SMILES string of the molecule is COCCCC(=O)OCC1=CCCC=C1. The average molecular weight is 210 g/mol. The number of hydrogen-bond donors (Lipinski definition) is 0. The van der Waals surface area contributed by atoms with Gasteiger partial charge in [-0.05, 0) is 24.8 Å². The lowest BCUT2D eigenvalue weighted by Crippen LogP contribution is -2.08. The van der Waals surface area contributed by atoms with Gasteiger partial charge in [0.05, 0.1) is 0 Å². The van der Waals surface area contributed by atoms with Crippen molar-refractivity contribution in [3.05, 3.63) is 23.8 Å². The topological polar surface area (TPSA) is 35.5 Å². The van der Waals surface area contributed by atoms with E-state index in [4.69, 9.17) is 9.47 Å². The van der Waals surface area contributed by atoms with Crippen molar-refractivity contribution < 1.29 is 14.3 Å². The molecule has 0 bridgehead atoms. The lowest BCUT2D eigenvalue weighted by atomic mass is 10.1. The highest BCUT2D eigenvalue weighted by atomic mass is 16.5. The molecule has 0 spiro atoms. The fourth-order valence-corrected chi connectivity index (χ4v) is 1.37. The quantitative estimate of drug-likeness (QED) is 0.498. The fraction of sp³-hybridized carbons (Fsp3) is 0.583. The molecule has 0 aromatic rings. The first kappa shape index (κ1) is 12.0. The number of hydrogen-bond acceptors (Lipinski definition) is 3. The van der Waals surface area contributed by atoms with E-state index in [0.717, 1.165) is 24.8 Å². The van der Waals surface area contributed by atoms with Crippen molar-refractivity contribution in [2.45, 2.75) is 25.7 Å². The Morgan fingerprint density at radius 3 is 3.00 bits per heavy atom. The van der Waals surface area contributed by atoms with E-state index in [0.29, 0.717) is 19.6 Å². The van der Waals surface area contributed by atoms with Gasteiger partial charge in [0.1, 0.15) is 6.61 Å². The zero-order valence-electron chi connectivity index (χ0n) is 9.20. The number of carbonyl (C=O) groups is 1. The maximum atomic E-state index is 11.2. The van der Waals surface area contributed by atoms with Crippen LogP contribution in [0.15, 0.2) is 23.8 Å². The predicted octanol–water partition coefficient (Wildman–Crippen LogP) is 2.23. The highest BCUT2D eigenvalue weighted by Crippen LogP contribution is 2.10. The van der Waals surface area contributed by atoms with E-state index in [-0.39, 0.29) is 5.97 Å². The molecule has 0 fully saturated rings. The van der Waals surface area contributed by atoms with Crippen LogP contribution in [0.25, 0.3) is 0 Å². The van der Waals surface area contributed by atoms with Crippen molar-refractivity contribution in [2.75, 3.05) is 20.3 Å². The van der Waals surface area contributed by atoms with E-state index in [1.807, 2.05) is 6.08 Å². The minimum Gasteiger partial charge on any atom is -0.461 e. The summed E-state index contributed by atoms with van der Waals surface area (Å²) in [7, 11) is 1.63. The molecule has 0 amide bonds. The minimum absolute atomic E-state index is 0.146. The summed E-state index contributed by atoms with van der Waals surface area (Å²) in [4.78, 5) is 11.2. The molecule has 0 saturated carbocycles. The summed E-state index contributed by atoms with van der Waals surface area (Å²) in [5, 5.41) is 0. The highest BCUT2D eigenvalue weighted by molar-refractivity contribution is 5.69. The molecule has 0 aromatic carbocycles. The largest absolute Gasteiger partial charge is 0.461 e. The summed E-state index contributed by atoms with van der Waals surface area (Å²) in [5.41, 5.74) is 1.10. The molecule has 1 aliphatic rings. The number of methoxy groups -OCH3 is 1. The molecule has 0 heterocycles. The molecule has 0 atom stereocenters. The summed E-state index contributed by atoms with van der Waals surface area (Å²) >= 11 is 0. The Morgan fingerprint density at radius 1 is 1.47 bits per heavy atom. The maximum Gasteiger partial charge on any atom is 0.306 e. The Hall–Kier alpha value is -1.09.